The summed E-state index contributed by atoms with van der Waals surface area (Å²) in [5.41, 5.74) is 9.56. The maximum absolute atomic E-state index is 12.0. The van der Waals surface area contributed by atoms with Crippen molar-refractivity contribution >= 4 is 27.7 Å². The molecular formula is C21H20N4O. The molecule has 5 nitrogen and oxygen atoms in total. The van der Waals surface area contributed by atoms with Gasteiger partial charge in [0.1, 0.15) is 0 Å². The molecule has 0 saturated heterocycles. The predicted molar refractivity (Wildman–Crippen MR) is 104 cm³/mol. The van der Waals surface area contributed by atoms with Crippen LogP contribution in [0.15, 0.2) is 67.0 Å². The fourth-order valence-electron chi connectivity index (χ4n) is 3.25. The number of rotatable bonds is 5. The number of amides is 1. The van der Waals surface area contributed by atoms with Gasteiger partial charge in [-0.2, -0.15) is 0 Å². The van der Waals surface area contributed by atoms with Crippen LogP contribution in [0.3, 0.4) is 0 Å². The first kappa shape index (κ1) is 16.3. The number of hydrogen-bond acceptors (Lipinski definition) is 3. The number of benzene rings is 2. The first-order valence-corrected chi connectivity index (χ1v) is 8.71. The summed E-state index contributed by atoms with van der Waals surface area (Å²) in [5.74, 6) is -0.125. The first-order chi connectivity index (χ1) is 12.8. The van der Waals surface area contributed by atoms with Gasteiger partial charge in [0.2, 0.25) is 0 Å². The van der Waals surface area contributed by atoms with Gasteiger partial charge in [0.05, 0.1) is 11.7 Å². The summed E-state index contributed by atoms with van der Waals surface area (Å²) >= 11 is 0. The van der Waals surface area contributed by atoms with Crippen LogP contribution in [0.5, 0.6) is 0 Å². The second-order valence-electron chi connectivity index (χ2n) is 6.18. The zero-order valence-electron chi connectivity index (χ0n) is 14.6. The zero-order chi connectivity index (χ0) is 17.9. The molecule has 130 valence electrons. The van der Waals surface area contributed by atoms with Crippen molar-refractivity contribution in [2.45, 2.75) is 13.5 Å². The Balaban J connectivity index is 1.68. The quantitative estimate of drug-likeness (QED) is 0.545. The minimum absolute atomic E-state index is 0.125. The van der Waals surface area contributed by atoms with Gasteiger partial charge in [-0.1, -0.05) is 37.3 Å². The van der Waals surface area contributed by atoms with Crippen molar-refractivity contribution in [2.24, 2.45) is 0 Å². The van der Waals surface area contributed by atoms with E-state index in [-0.39, 0.29) is 5.91 Å². The molecular weight excluding hydrogens is 324 g/mol. The lowest BCUT2D eigenvalue weighted by Gasteiger charge is -2.09. The molecule has 0 fully saturated rings. The Morgan fingerprint density at radius 2 is 1.77 bits per heavy atom. The summed E-state index contributed by atoms with van der Waals surface area (Å²) < 4.78 is 2.27. The minimum atomic E-state index is -0.125. The molecule has 0 aliphatic carbocycles. The predicted octanol–water partition coefficient (Wildman–Crippen LogP) is 3.49. The van der Waals surface area contributed by atoms with Gasteiger partial charge in [-0.25, -0.2) is 5.43 Å². The van der Waals surface area contributed by atoms with Gasteiger partial charge in [0.15, 0.2) is 0 Å². The Hall–Kier alpha value is -3.18. The highest BCUT2D eigenvalue weighted by Gasteiger charge is 2.11. The number of nitrogens with one attached hydrogen (secondary N) is 2. The van der Waals surface area contributed by atoms with Crippen molar-refractivity contribution < 1.29 is 4.79 Å². The topological polar surface area (TPSA) is 58.9 Å². The molecule has 4 aromatic rings. The second kappa shape index (κ2) is 6.98. The van der Waals surface area contributed by atoms with Crippen LogP contribution in [0.2, 0.25) is 0 Å². The molecule has 0 atom stereocenters. The van der Waals surface area contributed by atoms with Crippen LogP contribution in [-0.2, 0) is 6.54 Å². The largest absolute Gasteiger partial charge is 0.335 e. The normalized spacial score (nSPS) is 11.1. The van der Waals surface area contributed by atoms with Crippen LogP contribution in [0, 0.1) is 0 Å². The van der Waals surface area contributed by atoms with Gasteiger partial charge in [0, 0.05) is 41.1 Å². The van der Waals surface area contributed by atoms with E-state index in [0.29, 0.717) is 12.1 Å². The van der Waals surface area contributed by atoms with Gasteiger partial charge in [-0.05, 0) is 29.8 Å². The average molecular weight is 344 g/mol. The molecule has 2 heterocycles. The number of carbonyl (C=O) groups is 1. The fraction of sp³-hybridized carbons (Fsp3) is 0.143. The SMILES string of the molecule is CCNNC(=O)c1ccc(Cn2c3ccccc3c3ccncc32)cc1. The van der Waals surface area contributed by atoms with Crippen LogP contribution in [0.25, 0.3) is 21.8 Å². The molecule has 5 heteroatoms. The monoisotopic (exact) mass is 344 g/mol. The molecule has 26 heavy (non-hydrogen) atoms. The number of hydrazine groups is 1. The van der Waals surface area contributed by atoms with Crippen molar-refractivity contribution in [3.05, 3.63) is 78.1 Å². The highest BCUT2D eigenvalue weighted by atomic mass is 16.2. The van der Waals surface area contributed by atoms with Crippen molar-refractivity contribution in [2.75, 3.05) is 6.54 Å². The number of pyridine rings is 1. The number of aromatic nitrogens is 2. The lowest BCUT2D eigenvalue weighted by atomic mass is 10.1. The van der Waals surface area contributed by atoms with Crippen molar-refractivity contribution in [3.8, 4) is 0 Å². The van der Waals surface area contributed by atoms with E-state index in [1.54, 1.807) is 0 Å². The van der Waals surface area contributed by atoms with Gasteiger partial charge < -0.3 is 4.57 Å². The van der Waals surface area contributed by atoms with E-state index < -0.39 is 0 Å². The third kappa shape index (κ3) is 2.93. The van der Waals surface area contributed by atoms with Gasteiger partial charge in [0.25, 0.3) is 5.91 Å². The summed E-state index contributed by atoms with van der Waals surface area (Å²) in [6, 6.07) is 18.2. The van der Waals surface area contributed by atoms with E-state index in [9.17, 15) is 4.79 Å². The first-order valence-electron chi connectivity index (χ1n) is 8.71. The molecule has 2 aromatic heterocycles. The lowest BCUT2D eigenvalue weighted by Crippen LogP contribution is -2.36. The summed E-state index contributed by atoms with van der Waals surface area (Å²) in [7, 11) is 0. The minimum Gasteiger partial charge on any atom is -0.335 e. The fourth-order valence-corrected chi connectivity index (χ4v) is 3.25. The van der Waals surface area contributed by atoms with Crippen LogP contribution in [-0.4, -0.2) is 22.0 Å². The third-order valence-corrected chi connectivity index (χ3v) is 4.51. The molecule has 0 spiro atoms. The average Bonchev–Trinajstić information content (AvgIpc) is 3.01. The standard InChI is InChI=1S/C21H20N4O/c1-2-23-24-21(26)16-9-7-15(8-10-16)14-25-19-6-4-3-5-17(19)18-11-12-22-13-20(18)25/h3-13,23H,2,14H2,1H3,(H,24,26). The van der Waals surface area contributed by atoms with Crippen molar-refractivity contribution in [1.82, 2.24) is 20.4 Å². The molecule has 2 N–H and O–H groups in total. The smallest absolute Gasteiger partial charge is 0.265 e. The van der Waals surface area contributed by atoms with Crippen LogP contribution in [0.4, 0.5) is 0 Å². The highest BCUT2D eigenvalue weighted by molar-refractivity contribution is 6.07. The molecule has 0 bridgehead atoms. The molecule has 0 aliphatic heterocycles. The summed E-state index contributed by atoms with van der Waals surface area (Å²) in [5, 5.41) is 2.43. The van der Waals surface area contributed by atoms with E-state index >= 15 is 0 Å². The molecule has 2 aromatic carbocycles. The molecule has 0 saturated carbocycles. The molecule has 0 radical (unpaired) electrons. The number of para-hydroxylation sites is 1. The van der Waals surface area contributed by atoms with E-state index in [1.165, 1.54) is 16.3 Å². The van der Waals surface area contributed by atoms with E-state index in [1.807, 2.05) is 43.6 Å². The number of hydrogen-bond donors (Lipinski definition) is 2. The van der Waals surface area contributed by atoms with Gasteiger partial charge in [-0.15, -0.1) is 0 Å². The van der Waals surface area contributed by atoms with Crippen molar-refractivity contribution in [3.63, 3.8) is 0 Å². The van der Waals surface area contributed by atoms with Crippen LogP contribution >= 0.6 is 0 Å². The highest BCUT2D eigenvalue weighted by Crippen LogP contribution is 2.28. The van der Waals surface area contributed by atoms with Crippen LogP contribution < -0.4 is 10.9 Å². The maximum atomic E-state index is 12.0. The Morgan fingerprint density at radius 1 is 1.00 bits per heavy atom. The van der Waals surface area contributed by atoms with Crippen LogP contribution in [0.1, 0.15) is 22.8 Å². The summed E-state index contributed by atoms with van der Waals surface area (Å²) in [6.07, 6.45) is 3.74. The Bertz CT molecular complexity index is 1010. The Kier molecular flexibility index (Phi) is 4.37. The number of carbonyl (C=O) groups excluding carboxylic acids is 1. The number of fused-ring (bicyclic) bond motifs is 3. The van der Waals surface area contributed by atoms with E-state index in [2.05, 4.69) is 50.7 Å². The lowest BCUT2D eigenvalue weighted by molar-refractivity contribution is 0.0934. The van der Waals surface area contributed by atoms with Gasteiger partial charge in [-0.3, -0.25) is 15.2 Å². The zero-order valence-corrected chi connectivity index (χ0v) is 14.6. The van der Waals surface area contributed by atoms with Gasteiger partial charge >= 0.3 is 0 Å². The second-order valence-corrected chi connectivity index (χ2v) is 6.18. The summed E-state index contributed by atoms with van der Waals surface area (Å²) in [4.78, 5) is 16.3. The van der Waals surface area contributed by atoms with E-state index in [0.717, 1.165) is 17.6 Å². The molecule has 0 aliphatic rings. The number of nitrogens with zero attached hydrogens (tertiary/aromatic N) is 2. The Morgan fingerprint density at radius 3 is 2.58 bits per heavy atom. The third-order valence-electron chi connectivity index (χ3n) is 4.51. The molecule has 0 unspecified atom stereocenters. The molecule has 1 amide bonds. The van der Waals surface area contributed by atoms with E-state index in [4.69, 9.17) is 0 Å². The Labute approximate surface area is 151 Å². The molecule has 4 rings (SSSR count). The summed E-state index contributed by atoms with van der Waals surface area (Å²) in [6.45, 7) is 3.35. The van der Waals surface area contributed by atoms with Crippen molar-refractivity contribution in [1.29, 1.82) is 0 Å². The maximum Gasteiger partial charge on any atom is 0.265 e.